The summed E-state index contributed by atoms with van der Waals surface area (Å²) in [5, 5.41) is 6.37. The number of amides is 1. The molecule has 1 amide bonds. The summed E-state index contributed by atoms with van der Waals surface area (Å²) in [7, 11) is 0. The van der Waals surface area contributed by atoms with Gasteiger partial charge in [-0.1, -0.05) is 29.8 Å². The number of aryl methyl sites for hydroxylation is 4. The van der Waals surface area contributed by atoms with E-state index in [9.17, 15) is 4.79 Å². The predicted octanol–water partition coefficient (Wildman–Crippen LogP) is 4.67. The number of hydrogen-bond donors (Lipinski definition) is 2. The molecule has 0 aromatic heterocycles. The van der Waals surface area contributed by atoms with E-state index in [0.29, 0.717) is 0 Å². The first-order valence-corrected chi connectivity index (χ1v) is 8.01. The third-order valence-electron chi connectivity index (χ3n) is 4.30. The first kappa shape index (κ1) is 17.1. The largest absolute Gasteiger partial charge is 0.374 e. The SMILES string of the molecule is Cc1cc(C)c(NC(=O)[C@H](C)Nc2cccc(C)c2C)c(C)c1. The van der Waals surface area contributed by atoms with E-state index in [2.05, 4.69) is 49.6 Å². The number of hydrogen-bond acceptors (Lipinski definition) is 2. The number of carbonyl (C=O) groups is 1. The topological polar surface area (TPSA) is 41.1 Å². The summed E-state index contributed by atoms with van der Waals surface area (Å²) in [6.45, 7) is 12.1. The van der Waals surface area contributed by atoms with Crippen LogP contribution in [0.25, 0.3) is 0 Å². The molecule has 0 saturated heterocycles. The Morgan fingerprint density at radius 3 is 2.17 bits per heavy atom. The minimum Gasteiger partial charge on any atom is -0.374 e. The van der Waals surface area contributed by atoms with Crippen LogP contribution in [-0.4, -0.2) is 11.9 Å². The van der Waals surface area contributed by atoms with E-state index in [1.165, 1.54) is 16.7 Å². The van der Waals surface area contributed by atoms with Gasteiger partial charge in [0.15, 0.2) is 0 Å². The summed E-state index contributed by atoms with van der Waals surface area (Å²) in [5.41, 5.74) is 7.70. The number of anilines is 2. The standard InChI is InChI=1S/C20H26N2O/c1-12-10-14(3)19(15(4)11-12)22-20(23)17(6)21-18-9-7-8-13(2)16(18)5/h7-11,17,21H,1-6H3,(H,22,23)/t17-/m0/s1. The highest BCUT2D eigenvalue weighted by atomic mass is 16.2. The van der Waals surface area contributed by atoms with Gasteiger partial charge in [0, 0.05) is 11.4 Å². The number of carbonyl (C=O) groups excluding carboxylic acids is 1. The van der Waals surface area contributed by atoms with Gasteiger partial charge >= 0.3 is 0 Å². The highest BCUT2D eigenvalue weighted by molar-refractivity contribution is 5.97. The minimum absolute atomic E-state index is 0.0269. The highest BCUT2D eigenvalue weighted by Gasteiger charge is 2.16. The summed E-state index contributed by atoms with van der Waals surface area (Å²) in [6, 6.07) is 9.95. The molecule has 0 bridgehead atoms. The molecular formula is C20H26N2O. The second-order valence-electron chi connectivity index (χ2n) is 6.38. The highest BCUT2D eigenvalue weighted by Crippen LogP contribution is 2.23. The van der Waals surface area contributed by atoms with Crippen LogP contribution in [0.4, 0.5) is 11.4 Å². The molecule has 0 aliphatic rings. The molecule has 0 aliphatic carbocycles. The average molecular weight is 310 g/mol. The normalized spacial score (nSPS) is 11.9. The molecule has 0 spiro atoms. The van der Waals surface area contributed by atoms with Crippen molar-refractivity contribution in [2.75, 3.05) is 10.6 Å². The lowest BCUT2D eigenvalue weighted by Gasteiger charge is -2.19. The fraction of sp³-hybridized carbons (Fsp3) is 0.350. The Bertz CT molecular complexity index is 711. The van der Waals surface area contributed by atoms with Gasteiger partial charge in [-0.25, -0.2) is 0 Å². The van der Waals surface area contributed by atoms with Gasteiger partial charge < -0.3 is 10.6 Å². The summed E-state index contributed by atoms with van der Waals surface area (Å²) >= 11 is 0. The Kier molecular flexibility index (Phi) is 5.09. The van der Waals surface area contributed by atoms with Crippen LogP contribution in [-0.2, 0) is 4.79 Å². The van der Waals surface area contributed by atoms with Gasteiger partial charge in [-0.2, -0.15) is 0 Å². The van der Waals surface area contributed by atoms with Crippen LogP contribution in [0.5, 0.6) is 0 Å². The molecule has 0 saturated carbocycles. The molecule has 0 radical (unpaired) electrons. The molecule has 2 aromatic rings. The third-order valence-corrected chi connectivity index (χ3v) is 4.30. The maximum atomic E-state index is 12.5. The quantitative estimate of drug-likeness (QED) is 0.861. The summed E-state index contributed by atoms with van der Waals surface area (Å²) in [4.78, 5) is 12.5. The Morgan fingerprint density at radius 1 is 0.957 bits per heavy atom. The second-order valence-corrected chi connectivity index (χ2v) is 6.38. The van der Waals surface area contributed by atoms with Crippen LogP contribution in [0.2, 0.25) is 0 Å². The maximum absolute atomic E-state index is 12.5. The number of nitrogens with one attached hydrogen (secondary N) is 2. The first-order valence-electron chi connectivity index (χ1n) is 8.01. The van der Waals surface area contributed by atoms with Gasteiger partial charge in [-0.05, 0) is 69.9 Å². The monoisotopic (exact) mass is 310 g/mol. The summed E-state index contributed by atoms with van der Waals surface area (Å²) in [5.74, 6) is -0.0269. The van der Waals surface area contributed by atoms with E-state index in [0.717, 1.165) is 22.5 Å². The molecule has 0 heterocycles. The average Bonchev–Trinajstić information content (AvgIpc) is 2.47. The van der Waals surface area contributed by atoms with Crippen LogP contribution in [0.1, 0.15) is 34.7 Å². The van der Waals surface area contributed by atoms with E-state index >= 15 is 0 Å². The van der Waals surface area contributed by atoms with Gasteiger partial charge in [0.2, 0.25) is 5.91 Å². The molecule has 2 rings (SSSR count). The lowest BCUT2D eigenvalue weighted by molar-refractivity contribution is -0.116. The minimum atomic E-state index is -0.310. The summed E-state index contributed by atoms with van der Waals surface area (Å²) in [6.07, 6.45) is 0. The molecule has 0 unspecified atom stereocenters. The van der Waals surface area contributed by atoms with Crippen molar-refractivity contribution in [1.29, 1.82) is 0 Å². The molecule has 2 aromatic carbocycles. The lowest BCUT2D eigenvalue weighted by Crippen LogP contribution is -2.32. The van der Waals surface area contributed by atoms with E-state index in [1.54, 1.807) is 0 Å². The number of rotatable bonds is 4. The zero-order valence-corrected chi connectivity index (χ0v) is 14.9. The third kappa shape index (κ3) is 3.92. The van der Waals surface area contributed by atoms with Crippen molar-refractivity contribution in [3.8, 4) is 0 Å². The van der Waals surface area contributed by atoms with Gasteiger partial charge in [0.05, 0.1) is 0 Å². The molecule has 0 aliphatic heterocycles. The van der Waals surface area contributed by atoms with Crippen molar-refractivity contribution in [1.82, 2.24) is 0 Å². The Hall–Kier alpha value is -2.29. The van der Waals surface area contributed by atoms with Gasteiger partial charge in [-0.3, -0.25) is 4.79 Å². The molecule has 0 fully saturated rings. The zero-order valence-electron chi connectivity index (χ0n) is 14.9. The summed E-state index contributed by atoms with van der Waals surface area (Å²) < 4.78 is 0. The Labute approximate surface area is 139 Å². The zero-order chi connectivity index (χ0) is 17.1. The molecule has 23 heavy (non-hydrogen) atoms. The van der Waals surface area contributed by atoms with Crippen molar-refractivity contribution < 1.29 is 4.79 Å². The van der Waals surface area contributed by atoms with Gasteiger partial charge in [0.1, 0.15) is 6.04 Å². The number of benzene rings is 2. The second kappa shape index (κ2) is 6.86. The molecular weight excluding hydrogens is 284 g/mol. The molecule has 2 N–H and O–H groups in total. The van der Waals surface area contributed by atoms with Crippen molar-refractivity contribution in [3.05, 3.63) is 58.1 Å². The Balaban J connectivity index is 2.13. The van der Waals surface area contributed by atoms with Crippen LogP contribution in [0, 0.1) is 34.6 Å². The molecule has 3 heteroatoms. The molecule has 122 valence electrons. The Morgan fingerprint density at radius 2 is 1.57 bits per heavy atom. The van der Waals surface area contributed by atoms with Crippen LogP contribution >= 0.6 is 0 Å². The van der Waals surface area contributed by atoms with Crippen LogP contribution < -0.4 is 10.6 Å². The van der Waals surface area contributed by atoms with Crippen LogP contribution in [0.15, 0.2) is 30.3 Å². The van der Waals surface area contributed by atoms with E-state index in [-0.39, 0.29) is 11.9 Å². The van der Waals surface area contributed by atoms with Gasteiger partial charge in [-0.15, -0.1) is 0 Å². The predicted molar refractivity (Wildman–Crippen MR) is 98.3 cm³/mol. The first-order chi connectivity index (χ1) is 10.8. The van der Waals surface area contributed by atoms with Crippen LogP contribution in [0.3, 0.4) is 0 Å². The van der Waals surface area contributed by atoms with E-state index in [4.69, 9.17) is 0 Å². The van der Waals surface area contributed by atoms with Gasteiger partial charge in [0.25, 0.3) is 0 Å². The maximum Gasteiger partial charge on any atom is 0.246 e. The fourth-order valence-corrected chi connectivity index (χ4v) is 2.81. The van der Waals surface area contributed by atoms with E-state index in [1.807, 2.05) is 32.9 Å². The van der Waals surface area contributed by atoms with Crippen molar-refractivity contribution in [3.63, 3.8) is 0 Å². The van der Waals surface area contributed by atoms with E-state index < -0.39 is 0 Å². The van der Waals surface area contributed by atoms with Crippen molar-refractivity contribution in [2.45, 2.75) is 47.6 Å². The molecule has 3 nitrogen and oxygen atoms in total. The van der Waals surface area contributed by atoms with Crippen molar-refractivity contribution in [2.24, 2.45) is 0 Å². The molecule has 1 atom stereocenters. The lowest BCUT2D eigenvalue weighted by atomic mass is 10.0. The smallest absolute Gasteiger partial charge is 0.246 e. The van der Waals surface area contributed by atoms with Crippen molar-refractivity contribution >= 4 is 17.3 Å². The fourth-order valence-electron chi connectivity index (χ4n) is 2.81.